The second-order valence-electron chi connectivity index (χ2n) is 7.28. The molecule has 1 aromatic heterocycles. The Morgan fingerprint density at radius 3 is 2.41 bits per heavy atom. The summed E-state index contributed by atoms with van der Waals surface area (Å²) < 4.78 is 6.12. The second kappa shape index (κ2) is 7.94. The molecule has 1 atom stereocenters. The maximum absolute atomic E-state index is 13.4. The number of hydrogen-bond donors (Lipinski definition) is 1. The summed E-state index contributed by atoms with van der Waals surface area (Å²) in [6, 6.07) is 22.5. The minimum Gasteiger partial charge on any atom is -0.503 e. The van der Waals surface area contributed by atoms with E-state index in [1.807, 2.05) is 42.5 Å². The van der Waals surface area contributed by atoms with Gasteiger partial charge < -0.3 is 9.84 Å². The number of thiazole rings is 1. The molecule has 1 aliphatic heterocycles. The highest BCUT2D eigenvalue weighted by Gasteiger charge is 2.45. The van der Waals surface area contributed by atoms with Crippen LogP contribution >= 0.6 is 11.3 Å². The van der Waals surface area contributed by atoms with Gasteiger partial charge in [-0.1, -0.05) is 72.0 Å². The summed E-state index contributed by atoms with van der Waals surface area (Å²) in [5.41, 5.74) is 1.86. The van der Waals surface area contributed by atoms with Crippen molar-refractivity contribution in [1.29, 1.82) is 0 Å². The summed E-state index contributed by atoms with van der Waals surface area (Å²) in [6.07, 6.45) is 0. The third-order valence-electron chi connectivity index (χ3n) is 5.39. The molecule has 158 valence electrons. The number of anilines is 1. The molecule has 0 aliphatic carbocycles. The summed E-state index contributed by atoms with van der Waals surface area (Å²) in [4.78, 5) is 32.6. The van der Waals surface area contributed by atoms with Crippen LogP contribution < -0.4 is 9.64 Å². The molecule has 0 saturated heterocycles. The van der Waals surface area contributed by atoms with Crippen LogP contribution in [-0.4, -0.2) is 28.9 Å². The Morgan fingerprint density at radius 1 is 1.03 bits per heavy atom. The van der Waals surface area contributed by atoms with Crippen molar-refractivity contribution in [2.24, 2.45) is 0 Å². The minimum absolute atomic E-state index is 0.0456. The van der Waals surface area contributed by atoms with Crippen molar-refractivity contribution in [2.75, 3.05) is 12.0 Å². The van der Waals surface area contributed by atoms with Crippen LogP contribution in [-0.2, 0) is 4.79 Å². The van der Waals surface area contributed by atoms with E-state index in [1.165, 1.54) is 16.2 Å². The van der Waals surface area contributed by atoms with Crippen LogP contribution in [0.2, 0.25) is 0 Å². The molecule has 3 aromatic carbocycles. The first kappa shape index (κ1) is 20.0. The fourth-order valence-electron chi connectivity index (χ4n) is 3.85. The fourth-order valence-corrected chi connectivity index (χ4v) is 4.87. The highest BCUT2D eigenvalue weighted by atomic mass is 32.1. The lowest BCUT2D eigenvalue weighted by Gasteiger charge is -2.24. The van der Waals surface area contributed by atoms with Gasteiger partial charge in [-0.25, -0.2) is 4.98 Å². The molecule has 0 radical (unpaired) electrons. The smallest absolute Gasteiger partial charge is 0.296 e. The topological polar surface area (TPSA) is 79.7 Å². The molecule has 32 heavy (non-hydrogen) atoms. The Kier molecular flexibility index (Phi) is 4.95. The number of rotatable bonds is 5. The van der Waals surface area contributed by atoms with Gasteiger partial charge in [0.15, 0.2) is 16.7 Å². The second-order valence-corrected chi connectivity index (χ2v) is 8.29. The molecule has 5 rings (SSSR count). The Labute approximate surface area is 188 Å². The number of fused-ring (bicyclic) bond motifs is 1. The third kappa shape index (κ3) is 3.23. The fraction of sp³-hybridized carbons (Fsp3) is 0.0800. The lowest BCUT2D eigenvalue weighted by Crippen LogP contribution is -2.30. The van der Waals surface area contributed by atoms with E-state index in [-0.39, 0.29) is 5.57 Å². The molecular weight excluding hydrogens is 424 g/mol. The molecule has 0 bridgehead atoms. The molecule has 0 fully saturated rings. The number of methoxy groups -OCH3 is 1. The van der Waals surface area contributed by atoms with Crippen LogP contribution in [0.4, 0.5) is 5.13 Å². The number of aromatic nitrogens is 1. The van der Waals surface area contributed by atoms with Gasteiger partial charge in [0.05, 0.1) is 28.9 Å². The van der Waals surface area contributed by atoms with Crippen molar-refractivity contribution in [2.45, 2.75) is 6.04 Å². The maximum atomic E-state index is 13.4. The standard InChI is InChI=1S/C25H18N2O4S/c1-31-17-12-13-18-19(14-17)32-25(26-18)27-21(15-8-4-2-5-9-15)20(23(29)24(27)30)22(28)16-10-6-3-7-11-16/h2-14,21,29H,1H3. The van der Waals surface area contributed by atoms with Gasteiger partial charge in [0.1, 0.15) is 5.75 Å². The zero-order valence-electron chi connectivity index (χ0n) is 17.1. The maximum Gasteiger partial charge on any atom is 0.296 e. The Morgan fingerprint density at radius 2 is 1.72 bits per heavy atom. The van der Waals surface area contributed by atoms with Crippen molar-refractivity contribution >= 4 is 38.4 Å². The molecule has 6 nitrogen and oxygen atoms in total. The number of aliphatic hydroxyl groups excluding tert-OH is 1. The number of hydrogen-bond acceptors (Lipinski definition) is 6. The predicted octanol–water partition coefficient (Wildman–Crippen LogP) is 5.09. The lowest BCUT2D eigenvalue weighted by atomic mass is 9.93. The summed E-state index contributed by atoms with van der Waals surface area (Å²) in [5, 5.41) is 11.2. The van der Waals surface area contributed by atoms with Gasteiger partial charge in [0.25, 0.3) is 5.91 Å². The summed E-state index contributed by atoms with van der Waals surface area (Å²) >= 11 is 1.30. The number of ether oxygens (including phenoxy) is 1. The number of aliphatic hydroxyl groups is 1. The van der Waals surface area contributed by atoms with Gasteiger partial charge in [-0.15, -0.1) is 0 Å². The van der Waals surface area contributed by atoms with Crippen LogP contribution in [0, 0.1) is 0 Å². The average molecular weight is 442 g/mol. The van der Waals surface area contributed by atoms with Crippen molar-refractivity contribution in [3.63, 3.8) is 0 Å². The van der Waals surface area contributed by atoms with E-state index in [2.05, 4.69) is 4.98 Å². The molecule has 1 unspecified atom stereocenters. The van der Waals surface area contributed by atoms with Crippen molar-refractivity contribution < 1.29 is 19.4 Å². The first-order valence-electron chi connectivity index (χ1n) is 9.94. The van der Waals surface area contributed by atoms with Gasteiger partial charge >= 0.3 is 0 Å². The summed E-state index contributed by atoms with van der Waals surface area (Å²) in [7, 11) is 1.59. The molecule has 0 saturated carbocycles. The van der Waals surface area contributed by atoms with E-state index in [0.29, 0.717) is 27.5 Å². The molecule has 1 amide bonds. The molecular formula is C25H18N2O4S. The quantitative estimate of drug-likeness (QED) is 0.436. The number of ketones is 1. The monoisotopic (exact) mass is 442 g/mol. The number of Topliss-reactive ketones (excluding diaryl/α,β-unsaturated/α-hetero) is 1. The molecule has 2 heterocycles. The number of nitrogens with zero attached hydrogens (tertiary/aromatic N) is 2. The van der Waals surface area contributed by atoms with Crippen LogP contribution in [0.3, 0.4) is 0 Å². The van der Waals surface area contributed by atoms with Gasteiger partial charge in [-0.3, -0.25) is 14.5 Å². The number of benzene rings is 3. The largest absolute Gasteiger partial charge is 0.503 e. The van der Waals surface area contributed by atoms with E-state index in [4.69, 9.17) is 4.74 Å². The van der Waals surface area contributed by atoms with Crippen LogP contribution in [0.1, 0.15) is 22.0 Å². The van der Waals surface area contributed by atoms with Gasteiger partial charge in [-0.05, 0) is 23.8 Å². The summed E-state index contributed by atoms with van der Waals surface area (Å²) in [5.74, 6) is -0.912. The number of carbonyl (C=O) groups excluding carboxylic acids is 2. The van der Waals surface area contributed by atoms with Crippen LogP contribution in [0.5, 0.6) is 5.75 Å². The van der Waals surface area contributed by atoms with Gasteiger partial charge in [0.2, 0.25) is 0 Å². The van der Waals surface area contributed by atoms with Crippen molar-refractivity contribution in [3.05, 3.63) is 101 Å². The Bertz CT molecular complexity index is 1360. The first-order valence-corrected chi connectivity index (χ1v) is 10.8. The first-order chi connectivity index (χ1) is 15.6. The molecule has 1 aliphatic rings. The van der Waals surface area contributed by atoms with Gasteiger partial charge in [0, 0.05) is 5.56 Å². The van der Waals surface area contributed by atoms with Crippen LogP contribution in [0.25, 0.3) is 10.2 Å². The Balaban J connectivity index is 1.66. The average Bonchev–Trinajstić information content (AvgIpc) is 3.37. The van der Waals surface area contributed by atoms with Crippen molar-refractivity contribution in [1.82, 2.24) is 4.98 Å². The van der Waals surface area contributed by atoms with Crippen LogP contribution in [0.15, 0.2) is 90.2 Å². The van der Waals surface area contributed by atoms with E-state index in [1.54, 1.807) is 43.5 Å². The molecule has 4 aromatic rings. The number of amides is 1. The van der Waals surface area contributed by atoms with E-state index in [9.17, 15) is 14.7 Å². The third-order valence-corrected chi connectivity index (χ3v) is 6.41. The summed E-state index contributed by atoms with van der Waals surface area (Å²) in [6.45, 7) is 0. The number of carbonyl (C=O) groups is 2. The van der Waals surface area contributed by atoms with E-state index >= 15 is 0 Å². The van der Waals surface area contributed by atoms with E-state index in [0.717, 1.165) is 4.70 Å². The van der Waals surface area contributed by atoms with E-state index < -0.39 is 23.5 Å². The zero-order valence-corrected chi connectivity index (χ0v) is 17.9. The normalized spacial score (nSPS) is 16.1. The lowest BCUT2D eigenvalue weighted by molar-refractivity contribution is -0.117. The molecule has 0 spiro atoms. The zero-order chi connectivity index (χ0) is 22.2. The SMILES string of the molecule is COc1ccc2nc(N3C(=O)C(O)=C(C(=O)c4ccccc4)C3c3ccccc3)sc2c1. The van der Waals surface area contributed by atoms with Gasteiger partial charge in [-0.2, -0.15) is 0 Å². The highest BCUT2D eigenvalue weighted by Crippen LogP contribution is 2.44. The minimum atomic E-state index is -0.793. The molecule has 1 N–H and O–H groups in total. The molecule has 7 heteroatoms. The van der Waals surface area contributed by atoms with Crippen molar-refractivity contribution in [3.8, 4) is 5.75 Å². The predicted molar refractivity (Wildman–Crippen MR) is 123 cm³/mol. The Hall–Kier alpha value is -3.97. The highest BCUT2D eigenvalue weighted by molar-refractivity contribution is 7.22.